The van der Waals surface area contributed by atoms with Gasteiger partial charge in [0.05, 0.1) is 17.4 Å². The van der Waals surface area contributed by atoms with Gasteiger partial charge >= 0.3 is 6.18 Å². The van der Waals surface area contributed by atoms with Gasteiger partial charge in [-0.05, 0) is 12.1 Å². The molecule has 74 valence electrons. The highest BCUT2D eigenvalue weighted by Crippen LogP contribution is 2.36. The summed E-state index contributed by atoms with van der Waals surface area (Å²) in [5.41, 5.74) is -0.680. The number of hydrogen-bond donors (Lipinski definition) is 0. The summed E-state index contributed by atoms with van der Waals surface area (Å²) >= 11 is 0.893. The van der Waals surface area contributed by atoms with Gasteiger partial charge in [0.2, 0.25) is 0 Å². The van der Waals surface area contributed by atoms with Crippen LogP contribution in [0.15, 0.2) is 29.2 Å². The number of rotatable bonds is 2. The van der Waals surface area contributed by atoms with Crippen LogP contribution in [0.5, 0.6) is 0 Å². The van der Waals surface area contributed by atoms with E-state index in [4.69, 9.17) is 5.26 Å². The molecular formula is C9H6F3NS. The molecule has 14 heavy (non-hydrogen) atoms. The molecule has 0 aromatic heterocycles. The van der Waals surface area contributed by atoms with Gasteiger partial charge in [-0.25, -0.2) is 0 Å². The Labute approximate surface area is 83.5 Å². The van der Waals surface area contributed by atoms with Crippen molar-refractivity contribution in [2.24, 2.45) is 0 Å². The van der Waals surface area contributed by atoms with Crippen LogP contribution in [0.3, 0.4) is 0 Å². The fraction of sp³-hybridized carbons (Fsp3) is 0.222. The quantitative estimate of drug-likeness (QED) is 0.709. The zero-order valence-corrected chi connectivity index (χ0v) is 7.82. The van der Waals surface area contributed by atoms with Gasteiger partial charge in [0.1, 0.15) is 0 Å². The number of nitrogens with zero attached hydrogens (tertiary/aromatic N) is 1. The lowest BCUT2D eigenvalue weighted by molar-refractivity contribution is -0.139. The van der Waals surface area contributed by atoms with Gasteiger partial charge in [-0.2, -0.15) is 18.4 Å². The molecule has 0 N–H and O–H groups in total. The van der Waals surface area contributed by atoms with Crippen LogP contribution < -0.4 is 0 Å². The van der Waals surface area contributed by atoms with E-state index in [9.17, 15) is 13.2 Å². The molecular weight excluding hydrogens is 211 g/mol. The summed E-state index contributed by atoms with van der Waals surface area (Å²) in [7, 11) is 0. The molecule has 0 saturated carbocycles. The standard InChI is InChI=1S/C9H6F3NS/c10-9(11,12)7-3-1-2-4-8(7)14-6-5-13/h1-4H,6H2. The molecule has 1 nitrogen and oxygen atoms in total. The maximum atomic E-state index is 12.4. The Morgan fingerprint density at radius 3 is 2.50 bits per heavy atom. The van der Waals surface area contributed by atoms with Gasteiger partial charge in [0.15, 0.2) is 0 Å². The molecule has 0 spiro atoms. The zero-order valence-electron chi connectivity index (χ0n) is 7.01. The number of nitriles is 1. The molecule has 5 heteroatoms. The SMILES string of the molecule is N#CCSc1ccccc1C(F)(F)F. The first-order valence-corrected chi connectivity index (χ1v) is 4.70. The fourth-order valence-corrected chi connectivity index (χ4v) is 1.67. The first kappa shape index (κ1) is 10.9. The van der Waals surface area contributed by atoms with E-state index in [1.54, 1.807) is 6.07 Å². The third-order valence-electron chi connectivity index (χ3n) is 1.48. The minimum absolute atomic E-state index is 0.0209. The largest absolute Gasteiger partial charge is 0.417 e. The van der Waals surface area contributed by atoms with Crippen LogP contribution in [0.4, 0.5) is 13.2 Å². The molecule has 1 aromatic carbocycles. The Balaban J connectivity index is 2.99. The smallest absolute Gasteiger partial charge is 0.197 e. The van der Waals surface area contributed by atoms with E-state index in [1.807, 2.05) is 0 Å². The molecule has 0 saturated heterocycles. The first-order valence-electron chi connectivity index (χ1n) is 3.71. The van der Waals surface area contributed by atoms with Gasteiger partial charge in [-0.3, -0.25) is 0 Å². The maximum absolute atomic E-state index is 12.4. The molecule has 0 amide bonds. The van der Waals surface area contributed by atoms with Crippen LogP contribution in [0, 0.1) is 11.3 Å². The second-order valence-electron chi connectivity index (χ2n) is 2.44. The molecule has 0 unspecified atom stereocenters. The highest BCUT2D eigenvalue weighted by Gasteiger charge is 2.32. The van der Waals surface area contributed by atoms with Gasteiger partial charge < -0.3 is 0 Å². The lowest BCUT2D eigenvalue weighted by atomic mass is 10.2. The van der Waals surface area contributed by atoms with Crippen molar-refractivity contribution in [3.63, 3.8) is 0 Å². The molecule has 0 radical (unpaired) electrons. The second-order valence-corrected chi connectivity index (χ2v) is 3.46. The van der Waals surface area contributed by atoms with Gasteiger partial charge in [0, 0.05) is 4.90 Å². The third kappa shape index (κ3) is 2.67. The third-order valence-corrected chi connectivity index (χ3v) is 2.43. The molecule has 0 atom stereocenters. The summed E-state index contributed by atoms with van der Waals surface area (Å²) in [4.78, 5) is 0.0987. The van der Waals surface area contributed by atoms with E-state index < -0.39 is 11.7 Å². The lowest BCUT2D eigenvalue weighted by Crippen LogP contribution is -2.06. The van der Waals surface area contributed by atoms with E-state index in [2.05, 4.69) is 0 Å². The van der Waals surface area contributed by atoms with Crippen molar-refractivity contribution in [2.75, 3.05) is 5.75 Å². The van der Waals surface area contributed by atoms with Crippen LogP contribution >= 0.6 is 11.8 Å². The van der Waals surface area contributed by atoms with E-state index in [-0.39, 0.29) is 10.6 Å². The van der Waals surface area contributed by atoms with Gasteiger partial charge in [-0.15, -0.1) is 11.8 Å². The van der Waals surface area contributed by atoms with Crippen LogP contribution in [0.25, 0.3) is 0 Å². The predicted molar refractivity (Wildman–Crippen MR) is 47.8 cm³/mol. The molecule has 0 heterocycles. The van der Waals surface area contributed by atoms with E-state index in [0.29, 0.717) is 0 Å². The van der Waals surface area contributed by atoms with Crippen LogP contribution in [0.1, 0.15) is 5.56 Å². The molecule has 0 bridgehead atoms. The normalized spacial score (nSPS) is 11.0. The topological polar surface area (TPSA) is 23.8 Å². The van der Waals surface area contributed by atoms with Crippen molar-refractivity contribution >= 4 is 11.8 Å². The van der Waals surface area contributed by atoms with Crippen molar-refractivity contribution < 1.29 is 13.2 Å². The Morgan fingerprint density at radius 1 is 1.29 bits per heavy atom. The summed E-state index contributed by atoms with van der Waals surface area (Å²) in [6.45, 7) is 0. The van der Waals surface area contributed by atoms with Crippen LogP contribution in [-0.2, 0) is 6.18 Å². The van der Waals surface area contributed by atoms with E-state index in [1.165, 1.54) is 18.2 Å². The molecule has 0 fully saturated rings. The molecule has 1 aromatic rings. The first-order chi connectivity index (χ1) is 6.55. The predicted octanol–water partition coefficient (Wildman–Crippen LogP) is 3.32. The minimum Gasteiger partial charge on any atom is -0.197 e. The summed E-state index contributed by atoms with van der Waals surface area (Å²) in [5.74, 6) is 0.0209. The van der Waals surface area contributed by atoms with Crippen molar-refractivity contribution in [3.05, 3.63) is 29.8 Å². The molecule has 0 aliphatic heterocycles. The van der Waals surface area contributed by atoms with Crippen molar-refractivity contribution in [1.82, 2.24) is 0 Å². The van der Waals surface area contributed by atoms with Gasteiger partial charge in [-0.1, -0.05) is 12.1 Å². The summed E-state index contributed by atoms with van der Waals surface area (Å²) in [6.07, 6.45) is -4.35. The van der Waals surface area contributed by atoms with E-state index in [0.717, 1.165) is 17.8 Å². The lowest BCUT2D eigenvalue weighted by Gasteiger charge is -2.10. The average Bonchev–Trinajstić information content (AvgIpc) is 2.14. The number of halogens is 3. The highest BCUT2D eigenvalue weighted by atomic mass is 32.2. The van der Waals surface area contributed by atoms with E-state index >= 15 is 0 Å². The summed E-state index contributed by atoms with van der Waals surface area (Å²) in [5, 5.41) is 8.27. The Bertz CT molecular complexity index is 354. The average molecular weight is 217 g/mol. The summed E-state index contributed by atoms with van der Waals surface area (Å²) in [6, 6.07) is 7.03. The second kappa shape index (κ2) is 4.38. The van der Waals surface area contributed by atoms with Crippen molar-refractivity contribution in [1.29, 1.82) is 5.26 Å². The van der Waals surface area contributed by atoms with Crippen LogP contribution in [-0.4, -0.2) is 5.75 Å². The summed E-state index contributed by atoms with van der Waals surface area (Å²) < 4.78 is 37.1. The Kier molecular flexibility index (Phi) is 3.42. The monoisotopic (exact) mass is 217 g/mol. The fourth-order valence-electron chi connectivity index (χ4n) is 0.937. The molecule has 0 aliphatic rings. The molecule has 0 aliphatic carbocycles. The van der Waals surface area contributed by atoms with Crippen molar-refractivity contribution in [3.8, 4) is 6.07 Å². The van der Waals surface area contributed by atoms with Gasteiger partial charge in [0.25, 0.3) is 0 Å². The zero-order chi connectivity index (χ0) is 10.6. The number of thioether (sulfide) groups is 1. The maximum Gasteiger partial charge on any atom is 0.417 e. The van der Waals surface area contributed by atoms with Crippen LogP contribution in [0.2, 0.25) is 0 Å². The Morgan fingerprint density at radius 2 is 1.93 bits per heavy atom. The molecule has 1 rings (SSSR count). The number of alkyl halides is 3. The highest BCUT2D eigenvalue weighted by molar-refractivity contribution is 7.99. The Hall–Kier alpha value is -1.15. The van der Waals surface area contributed by atoms with Crippen molar-refractivity contribution in [2.45, 2.75) is 11.1 Å². The number of hydrogen-bond acceptors (Lipinski definition) is 2. The minimum atomic E-state index is -4.35. The number of benzene rings is 1.